The summed E-state index contributed by atoms with van der Waals surface area (Å²) in [6.45, 7) is 0. The second kappa shape index (κ2) is 26.0. The molecule has 0 unspecified atom stereocenters. The Morgan fingerprint density at radius 3 is 1.18 bits per heavy atom. The van der Waals surface area contributed by atoms with Crippen LogP contribution in [0.2, 0.25) is 0 Å². The molecule has 15 rings (SSSR count). The van der Waals surface area contributed by atoms with Gasteiger partial charge in [-0.1, -0.05) is 158 Å². The maximum atomic E-state index is 4.58. The van der Waals surface area contributed by atoms with Crippen molar-refractivity contribution in [2.45, 2.75) is 0 Å². The van der Waals surface area contributed by atoms with E-state index in [9.17, 15) is 0 Å². The molecule has 7 aromatic heterocycles. The number of hydrogen-bond donors (Lipinski definition) is 0. The first-order chi connectivity index (χ1) is 36.7. The lowest BCUT2D eigenvalue weighted by atomic mass is 10.1. The SMILES string of the molecule is c1ccc2cnccc2c1.c1ccc2cnncc2c1.c1ccc2nc3ccccc3cc2c1.c1ccc2ncccc2c1.c1ccc2nccnc2c1.c1ccc2ncncc2c1.c1ccc2nnccc2c1. The molecule has 7 heterocycles. The lowest BCUT2D eigenvalue weighted by Crippen LogP contribution is -1.80. The van der Waals surface area contributed by atoms with Gasteiger partial charge in [0, 0.05) is 74.9 Å². The molecule has 0 amide bonds. The zero-order chi connectivity index (χ0) is 50.2. The Labute approximate surface area is 427 Å². The van der Waals surface area contributed by atoms with E-state index >= 15 is 0 Å². The van der Waals surface area contributed by atoms with Gasteiger partial charge in [-0.15, -0.1) is 0 Å². The fourth-order valence-electron chi connectivity index (χ4n) is 7.46. The van der Waals surface area contributed by atoms with Crippen molar-refractivity contribution in [3.63, 3.8) is 0 Å². The van der Waals surface area contributed by atoms with E-state index in [0.29, 0.717) is 0 Å². The minimum atomic E-state index is 0.949. The van der Waals surface area contributed by atoms with Crippen LogP contribution in [0.1, 0.15) is 0 Å². The lowest BCUT2D eigenvalue weighted by Gasteiger charge is -1.99. The second-order valence-corrected chi connectivity index (χ2v) is 16.1. The van der Waals surface area contributed by atoms with Gasteiger partial charge in [-0.2, -0.15) is 20.4 Å². The van der Waals surface area contributed by atoms with Crippen molar-refractivity contribution in [2.75, 3.05) is 0 Å². The van der Waals surface area contributed by atoms with Gasteiger partial charge in [-0.05, 0) is 77.5 Å². The molecule has 11 heteroatoms. The van der Waals surface area contributed by atoms with Crippen molar-refractivity contribution in [3.05, 3.63) is 287 Å². The van der Waals surface area contributed by atoms with Crippen molar-refractivity contribution in [3.8, 4) is 0 Å². The molecule has 11 nitrogen and oxygen atoms in total. The average molecular weight is 958 g/mol. The molecule has 0 atom stereocenters. The summed E-state index contributed by atoms with van der Waals surface area (Å²) in [4.78, 5) is 29.0. The van der Waals surface area contributed by atoms with Crippen LogP contribution in [0.15, 0.2) is 287 Å². The molecule has 0 saturated carbocycles. The van der Waals surface area contributed by atoms with Crippen molar-refractivity contribution in [1.29, 1.82) is 0 Å². The smallest absolute Gasteiger partial charge is 0.116 e. The minimum absolute atomic E-state index is 0.949. The highest BCUT2D eigenvalue weighted by Gasteiger charge is 1.97. The van der Waals surface area contributed by atoms with Crippen LogP contribution in [0.3, 0.4) is 0 Å². The van der Waals surface area contributed by atoms with Crippen LogP contribution in [-0.2, 0) is 0 Å². The van der Waals surface area contributed by atoms with Crippen molar-refractivity contribution >= 4 is 87.1 Å². The normalized spacial score (nSPS) is 10.2. The molecule has 354 valence electrons. The van der Waals surface area contributed by atoms with Crippen LogP contribution in [0.5, 0.6) is 0 Å². The van der Waals surface area contributed by atoms with E-state index in [1.807, 2.05) is 207 Å². The number of fused-ring (bicyclic) bond motifs is 8. The van der Waals surface area contributed by atoms with Gasteiger partial charge in [-0.25, -0.2) is 15.0 Å². The van der Waals surface area contributed by atoms with Gasteiger partial charge in [0.05, 0.1) is 57.2 Å². The highest BCUT2D eigenvalue weighted by molar-refractivity contribution is 5.92. The van der Waals surface area contributed by atoms with Gasteiger partial charge in [-0.3, -0.25) is 19.9 Å². The molecule has 0 saturated heterocycles. The summed E-state index contributed by atoms with van der Waals surface area (Å²) < 4.78 is 0. The van der Waals surface area contributed by atoms with Crippen molar-refractivity contribution in [2.24, 2.45) is 0 Å². The molecule has 15 aromatic rings. The number of hydrogen-bond acceptors (Lipinski definition) is 11. The summed E-state index contributed by atoms with van der Waals surface area (Å²) in [6.07, 6.45) is 17.5. The Hall–Kier alpha value is -10.4. The monoisotopic (exact) mass is 957 g/mol. The van der Waals surface area contributed by atoms with Crippen LogP contribution in [0.25, 0.3) is 87.1 Å². The molecular weight excluding hydrogens is 911 g/mol. The van der Waals surface area contributed by atoms with Crippen LogP contribution in [0.4, 0.5) is 0 Å². The lowest BCUT2D eigenvalue weighted by molar-refractivity contribution is 1.05. The zero-order valence-corrected chi connectivity index (χ0v) is 40.1. The molecule has 0 N–H and O–H groups in total. The summed E-state index contributed by atoms with van der Waals surface area (Å²) in [5.41, 5.74) is 7.03. The van der Waals surface area contributed by atoms with Crippen LogP contribution in [-0.4, -0.2) is 55.3 Å². The summed E-state index contributed by atoms with van der Waals surface area (Å²) in [5.74, 6) is 0. The number of nitrogens with zero attached hydrogens (tertiary/aromatic N) is 11. The van der Waals surface area contributed by atoms with E-state index in [0.717, 1.165) is 60.2 Å². The maximum absolute atomic E-state index is 4.58. The minimum Gasteiger partial charge on any atom is -0.264 e. The third-order valence-electron chi connectivity index (χ3n) is 11.2. The highest BCUT2D eigenvalue weighted by Crippen LogP contribution is 2.19. The average Bonchev–Trinajstić information content (AvgIpc) is 3.50. The fraction of sp³-hybridized carbons (Fsp3) is 0. The first-order valence-corrected chi connectivity index (χ1v) is 23.7. The molecule has 0 aliphatic heterocycles. The Bertz CT molecular complexity index is 3110. The molecular formula is C63H47N11. The van der Waals surface area contributed by atoms with Crippen LogP contribution in [0, 0.1) is 0 Å². The van der Waals surface area contributed by atoms with Gasteiger partial charge in [0.1, 0.15) is 6.33 Å². The molecule has 0 aliphatic rings. The van der Waals surface area contributed by atoms with Gasteiger partial charge in [0.2, 0.25) is 0 Å². The van der Waals surface area contributed by atoms with Crippen molar-refractivity contribution in [1.82, 2.24) is 55.3 Å². The third kappa shape index (κ3) is 13.9. The van der Waals surface area contributed by atoms with Gasteiger partial charge in [0.25, 0.3) is 0 Å². The van der Waals surface area contributed by atoms with E-state index in [1.54, 1.807) is 37.3 Å². The Balaban J connectivity index is 0.000000106. The highest BCUT2D eigenvalue weighted by atomic mass is 15.1. The van der Waals surface area contributed by atoms with E-state index in [1.165, 1.54) is 26.9 Å². The van der Waals surface area contributed by atoms with Gasteiger partial charge >= 0.3 is 0 Å². The first-order valence-electron chi connectivity index (χ1n) is 23.7. The molecule has 0 fully saturated rings. The number of rotatable bonds is 0. The Morgan fingerprint density at radius 2 is 0.622 bits per heavy atom. The first kappa shape index (κ1) is 48.6. The van der Waals surface area contributed by atoms with E-state index in [4.69, 9.17) is 0 Å². The standard InChI is InChI=1S/C13H9N.2C9H7N.4C8H6N2/c1-3-7-12-10(5-1)9-11-6-2-4-8-13(11)14-12;1-2-6-9-8(4-1)5-3-7-10-9;1-2-4-9-7-10-6-5-8(9)3-1;1-2-4-8-7(3-1)5-9-6-10-8;1-2-4-8-6-10-9-5-7(8)3-1;1-2-4-8-7(3-1)9-5-6-10-8;1-2-4-8-7(3-1)5-6-9-10-8/h1-9H;2*1-7H;4*1-6H. The zero-order valence-electron chi connectivity index (χ0n) is 40.1. The predicted molar refractivity (Wildman–Crippen MR) is 301 cm³/mol. The number of aromatic nitrogens is 11. The Kier molecular flexibility index (Phi) is 17.1. The van der Waals surface area contributed by atoms with Crippen molar-refractivity contribution < 1.29 is 0 Å². The topological polar surface area (TPSA) is 142 Å². The summed E-state index contributed by atoms with van der Waals surface area (Å²) in [5, 5.41) is 25.8. The number of pyridine rings is 3. The summed E-state index contributed by atoms with van der Waals surface area (Å²) in [6, 6.07) is 74.4. The fourth-order valence-corrected chi connectivity index (χ4v) is 7.46. The second-order valence-electron chi connectivity index (χ2n) is 16.1. The molecule has 8 aromatic carbocycles. The molecule has 0 spiro atoms. The molecule has 0 bridgehead atoms. The van der Waals surface area contributed by atoms with Crippen LogP contribution >= 0.6 is 0 Å². The quantitative estimate of drug-likeness (QED) is 0.134. The van der Waals surface area contributed by atoms with E-state index in [-0.39, 0.29) is 0 Å². The largest absolute Gasteiger partial charge is 0.264 e. The van der Waals surface area contributed by atoms with E-state index in [2.05, 4.69) is 97.7 Å². The Morgan fingerprint density at radius 1 is 0.216 bits per heavy atom. The van der Waals surface area contributed by atoms with Gasteiger partial charge in [0.15, 0.2) is 0 Å². The molecule has 0 radical (unpaired) electrons. The summed E-state index contributed by atoms with van der Waals surface area (Å²) in [7, 11) is 0. The number of benzene rings is 8. The van der Waals surface area contributed by atoms with E-state index < -0.39 is 0 Å². The molecule has 0 aliphatic carbocycles. The predicted octanol–water partition coefficient (Wildman–Crippen LogP) is 14.4. The maximum Gasteiger partial charge on any atom is 0.116 e. The van der Waals surface area contributed by atoms with Gasteiger partial charge < -0.3 is 0 Å². The van der Waals surface area contributed by atoms with Crippen LogP contribution < -0.4 is 0 Å². The molecule has 74 heavy (non-hydrogen) atoms. The third-order valence-corrected chi connectivity index (χ3v) is 11.2. The number of para-hydroxylation sites is 6. The summed E-state index contributed by atoms with van der Waals surface area (Å²) >= 11 is 0.